The van der Waals surface area contributed by atoms with Crippen molar-refractivity contribution in [2.24, 2.45) is 5.92 Å². The van der Waals surface area contributed by atoms with Gasteiger partial charge in [-0.3, -0.25) is 4.90 Å². The van der Waals surface area contributed by atoms with E-state index in [9.17, 15) is 9.90 Å². The highest BCUT2D eigenvalue weighted by atomic mass is 16.5. The normalized spacial score (nSPS) is 23.7. The summed E-state index contributed by atoms with van der Waals surface area (Å²) in [5, 5.41) is 19.7. The molecular weight excluding hydrogens is 440 g/mol. The quantitative estimate of drug-likeness (QED) is 0.506. The lowest BCUT2D eigenvalue weighted by Crippen LogP contribution is -2.48. The highest BCUT2D eigenvalue weighted by Gasteiger charge is 2.38. The van der Waals surface area contributed by atoms with E-state index >= 15 is 0 Å². The summed E-state index contributed by atoms with van der Waals surface area (Å²) in [6, 6.07) is 19.5. The second-order valence-electron chi connectivity index (χ2n) is 9.89. The lowest BCUT2D eigenvalue weighted by molar-refractivity contribution is -0.0182. The maximum atomic E-state index is 12.3. The van der Waals surface area contributed by atoms with Gasteiger partial charge in [-0.2, -0.15) is 0 Å². The molecule has 3 atom stereocenters. The third-order valence-corrected chi connectivity index (χ3v) is 7.43. The molecule has 35 heavy (non-hydrogen) atoms. The number of aliphatic hydroxyl groups is 1. The van der Waals surface area contributed by atoms with E-state index in [0.717, 1.165) is 13.0 Å². The number of hydrogen-bond donors (Lipinski definition) is 1. The van der Waals surface area contributed by atoms with Crippen LogP contribution in [-0.2, 0) is 11.3 Å². The number of piperidine rings is 1. The number of ether oxygens (including phenoxy) is 1. The van der Waals surface area contributed by atoms with Crippen LogP contribution in [0.1, 0.15) is 72.2 Å². The zero-order valence-electron chi connectivity index (χ0n) is 20.1. The van der Waals surface area contributed by atoms with Crippen molar-refractivity contribution in [3.05, 3.63) is 83.7 Å². The molecule has 1 N–H and O–H groups in total. The van der Waals surface area contributed by atoms with E-state index in [0.29, 0.717) is 23.7 Å². The van der Waals surface area contributed by atoms with Crippen molar-refractivity contribution < 1.29 is 14.6 Å². The van der Waals surface area contributed by atoms with Gasteiger partial charge in [0.15, 0.2) is 0 Å². The maximum absolute atomic E-state index is 12.3. The SMILES string of the molecule is O=C(OCc1cn([C@@H]2C[C@H](c3ccccc3)N(CC3CCCCC3)C[C@H]2O)nn1)c1ccccc1. The number of aromatic nitrogens is 3. The summed E-state index contributed by atoms with van der Waals surface area (Å²) in [4.78, 5) is 14.7. The van der Waals surface area contributed by atoms with E-state index in [2.05, 4.69) is 39.5 Å². The molecule has 2 aromatic carbocycles. The van der Waals surface area contributed by atoms with Crippen LogP contribution in [0.25, 0.3) is 0 Å². The molecule has 0 unspecified atom stereocenters. The van der Waals surface area contributed by atoms with Crippen LogP contribution < -0.4 is 0 Å². The molecule has 0 spiro atoms. The van der Waals surface area contributed by atoms with Crippen molar-refractivity contribution >= 4 is 5.97 Å². The molecule has 1 saturated carbocycles. The van der Waals surface area contributed by atoms with Crippen LogP contribution in [0.3, 0.4) is 0 Å². The summed E-state index contributed by atoms with van der Waals surface area (Å²) in [5.74, 6) is 0.316. The monoisotopic (exact) mass is 474 g/mol. The lowest BCUT2D eigenvalue weighted by atomic mass is 9.85. The third kappa shape index (κ3) is 5.80. The van der Waals surface area contributed by atoms with Crippen molar-refractivity contribution in [3.63, 3.8) is 0 Å². The molecule has 2 aliphatic rings. The predicted molar refractivity (Wildman–Crippen MR) is 133 cm³/mol. The lowest BCUT2D eigenvalue weighted by Gasteiger charge is -2.44. The van der Waals surface area contributed by atoms with Crippen LogP contribution in [0.15, 0.2) is 66.9 Å². The van der Waals surface area contributed by atoms with Crippen LogP contribution in [0.4, 0.5) is 0 Å². The molecule has 1 aliphatic heterocycles. The third-order valence-electron chi connectivity index (χ3n) is 7.43. The molecule has 184 valence electrons. The summed E-state index contributed by atoms with van der Waals surface area (Å²) in [6.07, 6.45) is 8.55. The molecule has 1 aliphatic carbocycles. The van der Waals surface area contributed by atoms with E-state index in [4.69, 9.17) is 4.74 Å². The number of carbonyl (C=O) groups is 1. The largest absolute Gasteiger partial charge is 0.455 e. The number of rotatable bonds is 7. The first kappa shape index (κ1) is 23.7. The summed E-state index contributed by atoms with van der Waals surface area (Å²) in [5.41, 5.74) is 2.35. The molecule has 2 fully saturated rings. The zero-order valence-corrected chi connectivity index (χ0v) is 20.1. The van der Waals surface area contributed by atoms with Crippen LogP contribution in [0.5, 0.6) is 0 Å². The minimum absolute atomic E-state index is 0.0481. The van der Waals surface area contributed by atoms with Crippen molar-refractivity contribution in [1.82, 2.24) is 19.9 Å². The predicted octanol–water partition coefficient (Wildman–Crippen LogP) is 4.56. The van der Waals surface area contributed by atoms with Crippen molar-refractivity contribution in [1.29, 1.82) is 0 Å². The van der Waals surface area contributed by atoms with Crippen molar-refractivity contribution in [2.75, 3.05) is 13.1 Å². The van der Waals surface area contributed by atoms with Gasteiger partial charge in [0.05, 0.1) is 23.9 Å². The Bertz CT molecular complexity index is 1080. The number of nitrogens with zero attached hydrogens (tertiary/aromatic N) is 4. The molecule has 0 amide bonds. The van der Waals surface area contributed by atoms with E-state index in [1.165, 1.54) is 37.7 Å². The highest BCUT2D eigenvalue weighted by Crippen LogP contribution is 2.38. The Balaban J connectivity index is 1.27. The summed E-state index contributed by atoms with van der Waals surface area (Å²) >= 11 is 0. The average molecular weight is 475 g/mol. The minimum Gasteiger partial charge on any atom is -0.455 e. The second-order valence-corrected chi connectivity index (χ2v) is 9.89. The van der Waals surface area contributed by atoms with Gasteiger partial charge in [-0.25, -0.2) is 9.48 Å². The molecule has 0 bridgehead atoms. The number of likely N-dealkylation sites (tertiary alicyclic amines) is 1. The average Bonchev–Trinajstić information content (AvgIpc) is 3.38. The number of aliphatic hydroxyl groups excluding tert-OH is 1. The van der Waals surface area contributed by atoms with E-state index in [-0.39, 0.29) is 24.7 Å². The first-order chi connectivity index (χ1) is 17.2. The Hall–Kier alpha value is -3.03. The molecular formula is C28H34N4O3. The Kier molecular flexibility index (Phi) is 7.54. The van der Waals surface area contributed by atoms with Crippen LogP contribution in [0.2, 0.25) is 0 Å². The first-order valence-corrected chi connectivity index (χ1v) is 12.8. The molecule has 3 aromatic rings. The Labute approximate surface area is 206 Å². The van der Waals surface area contributed by atoms with Gasteiger partial charge < -0.3 is 9.84 Å². The number of esters is 1. The van der Waals surface area contributed by atoms with Crippen LogP contribution >= 0.6 is 0 Å². The summed E-state index contributed by atoms with van der Waals surface area (Å²) < 4.78 is 7.16. The highest BCUT2D eigenvalue weighted by molar-refractivity contribution is 5.89. The number of carbonyl (C=O) groups excluding carboxylic acids is 1. The van der Waals surface area contributed by atoms with Gasteiger partial charge >= 0.3 is 5.97 Å². The molecule has 1 aromatic heterocycles. The van der Waals surface area contributed by atoms with Crippen LogP contribution in [0, 0.1) is 5.92 Å². The second kappa shape index (κ2) is 11.1. The molecule has 7 nitrogen and oxygen atoms in total. The van der Waals surface area contributed by atoms with E-state index in [1.807, 2.05) is 12.1 Å². The molecule has 2 heterocycles. The van der Waals surface area contributed by atoms with Gasteiger partial charge in [-0.15, -0.1) is 5.10 Å². The topological polar surface area (TPSA) is 80.5 Å². The van der Waals surface area contributed by atoms with Crippen molar-refractivity contribution in [2.45, 2.75) is 63.3 Å². The van der Waals surface area contributed by atoms with E-state index < -0.39 is 6.10 Å². The van der Waals surface area contributed by atoms with Gasteiger partial charge in [0.2, 0.25) is 0 Å². The Morgan fingerprint density at radius 2 is 1.71 bits per heavy atom. The van der Waals surface area contributed by atoms with Gasteiger partial charge in [0.25, 0.3) is 0 Å². The Morgan fingerprint density at radius 1 is 1.00 bits per heavy atom. The van der Waals surface area contributed by atoms with E-state index in [1.54, 1.807) is 35.1 Å². The van der Waals surface area contributed by atoms with Crippen LogP contribution in [-0.4, -0.2) is 50.2 Å². The van der Waals surface area contributed by atoms with Gasteiger partial charge in [-0.1, -0.05) is 73.0 Å². The van der Waals surface area contributed by atoms with Gasteiger partial charge in [0.1, 0.15) is 12.3 Å². The number of benzene rings is 2. The molecule has 1 saturated heterocycles. The number of β-amino-alcohol motifs (C(OH)–C–C–N with tert-alkyl or cyclic N) is 1. The molecule has 5 rings (SSSR count). The van der Waals surface area contributed by atoms with Gasteiger partial charge in [-0.05, 0) is 42.9 Å². The van der Waals surface area contributed by atoms with Gasteiger partial charge in [0, 0.05) is 19.1 Å². The zero-order chi connectivity index (χ0) is 24.0. The molecule has 7 heteroatoms. The fraction of sp³-hybridized carbons (Fsp3) is 0.464. The van der Waals surface area contributed by atoms with Crippen molar-refractivity contribution in [3.8, 4) is 0 Å². The fourth-order valence-corrected chi connectivity index (χ4v) is 5.57. The fourth-order valence-electron chi connectivity index (χ4n) is 5.57. The molecule has 0 radical (unpaired) electrons. The summed E-state index contributed by atoms with van der Waals surface area (Å²) in [6.45, 7) is 1.69. The first-order valence-electron chi connectivity index (χ1n) is 12.8. The minimum atomic E-state index is -0.542. The number of hydrogen-bond acceptors (Lipinski definition) is 6. The standard InChI is InChI=1S/C28H34N4O3/c33-27-19-31(17-21-10-4-1-5-11-21)25(22-12-6-2-7-13-22)16-26(27)32-18-24(29-30-32)20-35-28(34)23-14-8-3-9-15-23/h2-3,6-9,12-15,18,21,25-27,33H,1,4-5,10-11,16-17,19-20H2/t25-,26-,27-/m1/s1. The Morgan fingerprint density at radius 3 is 2.46 bits per heavy atom. The smallest absolute Gasteiger partial charge is 0.338 e. The maximum Gasteiger partial charge on any atom is 0.338 e. The summed E-state index contributed by atoms with van der Waals surface area (Å²) in [7, 11) is 0.